The summed E-state index contributed by atoms with van der Waals surface area (Å²) in [6.45, 7) is 3.32. The molecule has 1 aliphatic heterocycles. The Bertz CT molecular complexity index is 883. The number of carbonyl (C=O) groups excluding carboxylic acids is 1. The molecule has 1 amide bonds. The number of amides is 1. The average molecular weight is 361 g/mol. The summed E-state index contributed by atoms with van der Waals surface area (Å²) in [4.78, 5) is 19.2. The number of pyridine rings is 1. The van der Waals surface area contributed by atoms with Gasteiger partial charge in [-0.15, -0.1) is 0 Å². The number of nitrogens with one attached hydrogen (secondary N) is 1. The van der Waals surface area contributed by atoms with Gasteiger partial charge in [0.25, 0.3) is 5.91 Å². The van der Waals surface area contributed by atoms with E-state index < -0.39 is 0 Å². The van der Waals surface area contributed by atoms with Crippen LogP contribution in [0, 0.1) is 0 Å². The lowest BCUT2D eigenvalue weighted by atomic mass is 10.1. The van der Waals surface area contributed by atoms with E-state index >= 15 is 0 Å². The zero-order valence-corrected chi connectivity index (χ0v) is 15.2. The normalized spacial score (nSPS) is 13.7. The second-order valence-electron chi connectivity index (χ2n) is 6.80. The molecule has 0 spiro atoms. The minimum atomic E-state index is -0.0693. The summed E-state index contributed by atoms with van der Waals surface area (Å²) in [7, 11) is 0. The van der Waals surface area contributed by atoms with Gasteiger partial charge in [0.05, 0.1) is 6.54 Å². The van der Waals surface area contributed by atoms with E-state index in [0.717, 1.165) is 30.0 Å². The van der Waals surface area contributed by atoms with Crippen LogP contribution in [0.5, 0.6) is 0 Å². The maximum absolute atomic E-state index is 12.4. The maximum Gasteiger partial charge on any atom is 0.251 e. The smallest absolute Gasteiger partial charge is 0.251 e. The minimum Gasteiger partial charge on any atom is -0.357 e. The van der Waals surface area contributed by atoms with Gasteiger partial charge in [-0.25, -0.2) is 4.98 Å². The molecule has 6 nitrogen and oxygen atoms in total. The molecule has 0 aliphatic carbocycles. The molecule has 0 bridgehead atoms. The predicted molar refractivity (Wildman–Crippen MR) is 105 cm³/mol. The molecule has 0 atom stereocenters. The first-order valence-electron chi connectivity index (χ1n) is 9.32. The van der Waals surface area contributed by atoms with Crippen molar-refractivity contribution in [1.29, 1.82) is 0 Å². The van der Waals surface area contributed by atoms with E-state index in [1.54, 1.807) is 6.20 Å². The highest BCUT2D eigenvalue weighted by atomic mass is 16.1. The van der Waals surface area contributed by atoms with Gasteiger partial charge < -0.3 is 10.2 Å². The predicted octanol–water partition coefficient (Wildman–Crippen LogP) is 2.86. The third-order valence-electron chi connectivity index (χ3n) is 4.81. The summed E-state index contributed by atoms with van der Waals surface area (Å²) in [5, 5.41) is 7.19. The number of rotatable bonds is 6. The topological polar surface area (TPSA) is 63.1 Å². The van der Waals surface area contributed by atoms with Crippen LogP contribution in [0.2, 0.25) is 0 Å². The zero-order chi connectivity index (χ0) is 18.5. The molecule has 3 aromatic rings. The summed E-state index contributed by atoms with van der Waals surface area (Å²) in [5.41, 5.74) is 2.84. The van der Waals surface area contributed by atoms with Crippen molar-refractivity contribution in [3.05, 3.63) is 77.7 Å². The van der Waals surface area contributed by atoms with E-state index in [9.17, 15) is 4.79 Å². The van der Waals surface area contributed by atoms with Crippen LogP contribution in [-0.4, -0.2) is 33.8 Å². The summed E-state index contributed by atoms with van der Waals surface area (Å²) in [6.07, 6.45) is 7.94. The molecule has 1 N–H and O–H groups in total. The molecule has 1 fully saturated rings. The van der Waals surface area contributed by atoms with E-state index in [4.69, 9.17) is 0 Å². The van der Waals surface area contributed by atoms with Gasteiger partial charge in [-0.3, -0.25) is 9.48 Å². The molecule has 1 aliphatic rings. The van der Waals surface area contributed by atoms with Gasteiger partial charge in [-0.1, -0.05) is 12.1 Å². The molecule has 1 saturated heterocycles. The molecule has 0 radical (unpaired) electrons. The van der Waals surface area contributed by atoms with Crippen LogP contribution in [0.15, 0.2) is 61.1 Å². The Balaban J connectivity index is 1.34. The Kier molecular flexibility index (Phi) is 5.14. The fourth-order valence-electron chi connectivity index (χ4n) is 3.32. The molecular formula is C21H23N5O. The molecule has 138 valence electrons. The first kappa shape index (κ1) is 17.3. The molecule has 3 heterocycles. The second-order valence-corrected chi connectivity index (χ2v) is 6.80. The Hall–Kier alpha value is -3.15. The van der Waals surface area contributed by atoms with Crippen molar-refractivity contribution >= 4 is 11.7 Å². The van der Waals surface area contributed by atoms with Gasteiger partial charge in [-0.2, -0.15) is 5.10 Å². The number of benzene rings is 1. The van der Waals surface area contributed by atoms with Gasteiger partial charge in [0.2, 0.25) is 0 Å². The summed E-state index contributed by atoms with van der Waals surface area (Å²) >= 11 is 0. The van der Waals surface area contributed by atoms with Crippen molar-refractivity contribution in [3.63, 3.8) is 0 Å². The number of hydrogen-bond acceptors (Lipinski definition) is 4. The Morgan fingerprint density at radius 2 is 1.85 bits per heavy atom. The Labute approximate surface area is 158 Å². The second kappa shape index (κ2) is 8.03. The number of anilines is 1. The highest BCUT2D eigenvalue weighted by Gasteiger charge is 2.14. The SMILES string of the molecule is O=C(NCc1ccnc(N2CCCC2)c1)c1ccc(Cn2cccn2)cc1. The maximum atomic E-state index is 12.4. The van der Waals surface area contributed by atoms with Gasteiger partial charge in [-0.05, 0) is 54.3 Å². The summed E-state index contributed by atoms with van der Waals surface area (Å²) < 4.78 is 1.86. The van der Waals surface area contributed by atoms with Crippen LogP contribution in [0.4, 0.5) is 5.82 Å². The van der Waals surface area contributed by atoms with Crippen molar-refractivity contribution in [2.45, 2.75) is 25.9 Å². The van der Waals surface area contributed by atoms with Crippen LogP contribution < -0.4 is 10.2 Å². The van der Waals surface area contributed by atoms with Gasteiger partial charge >= 0.3 is 0 Å². The summed E-state index contributed by atoms with van der Waals surface area (Å²) in [5.74, 6) is 0.933. The molecule has 4 rings (SSSR count). The fourth-order valence-corrected chi connectivity index (χ4v) is 3.32. The molecule has 0 unspecified atom stereocenters. The molecule has 27 heavy (non-hydrogen) atoms. The minimum absolute atomic E-state index is 0.0693. The van der Waals surface area contributed by atoms with E-state index in [-0.39, 0.29) is 5.91 Å². The fraction of sp³-hybridized carbons (Fsp3) is 0.286. The number of carbonyl (C=O) groups is 1. The van der Waals surface area contributed by atoms with Crippen LogP contribution in [-0.2, 0) is 13.1 Å². The first-order valence-corrected chi connectivity index (χ1v) is 9.32. The van der Waals surface area contributed by atoms with Crippen LogP contribution in [0.3, 0.4) is 0 Å². The van der Waals surface area contributed by atoms with Crippen molar-refractivity contribution < 1.29 is 4.79 Å². The van der Waals surface area contributed by atoms with E-state index in [0.29, 0.717) is 18.7 Å². The molecule has 0 saturated carbocycles. The van der Waals surface area contributed by atoms with E-state index in [1.165, 1.54) is 12.8 Å². The van der Waals surface area contributed by atoms with E-state index in [1.807, 2.05) is 53.5 Å². The van der Waals surface area contributed by atoms with Crippen molar-refractivity contribution in [2.24, 2.45) is 0 Å². The zero-order valence-electron chi connectivity index (χ0n) is 15.2. The molecule has 2 aromatic heterocycles. The van der Waals surface area contributed by atoms with Gasteiger partial charge in [0, 0.05) is 43.8 Å². The molecular weight excluding hydrogens is 338 g/mol. The number of hydrogen-bond donors (Lipinski definition) is 1. The standard InChI is InChI=1S/C21H23N5O/c27-21(19-6-4-17(5-7-19)16-26-13-3-9-24-26)23-15-18-8-10-22-20(14-18)25-11-1-2-12-25/h3-10,13-14H,1-2,11-12,15-16H2,(H,23,27). The van der Waals surface area contributed by atoms with Crippen LogP contribution in [0.25, 0.3) is 0 Å². The summed E-state index contributed by atoms with van der Waals surface area (Å²) in [6, 6.07) is 13.6. The Morgan fingerprint density at radius 3 is 2.59 bits per heavy atom. The quantitative estimate of drug-likeness (QED) is 0.733. The van der Waals surface area contributed by atoms with E-state index in [2.05, 4.69) is 26.4 Å². The molecule has 1 aromatic carbocycles. The third-order valence-corrected chi connectivity index (χ3v) is 4.81. The monoisotopic (exact) mass is 361 g/mol. The van der Waals surface area contributed by atoms with Gasteiger partial charge in [0.15, 0.2) is 0 Å². The van der Waals surface area contributed by atoms with Gasteiger partial charge in [0.1, 0.15) is 5.82 Å². The number of nitrogens with zero attached hydrogens (tertiary/aromatic N) is 4. The Morgan fingerprint density at radius 1 is 1.04 bits per heavy atom. The highest BCUT2D eigenvalue weighted by Crippen LogP contribution is 2.18. The van der Waals surface area contributed by atoms with Crippen LogP contribution in [0.1, 0.15) is 34.3 Å². The highest BCUT2D eigenvalue weighted by molar-refractivity contribution is 5.94. The lowest BCUT2D eigenvalue weighted by molar-refractivity contribution is 0.0951. The van der Waals surface area contributed by atoms with Crippen molar-refractivity contribution in [1.82, 2.24) is 20.1 Å². The van der Waals surface area contributed by atoms with Crippen LogP contribution >= 0.6 is 0 Å². The van der Waals surface area contributed by atoms with Crippen molar-refractivity contribution in [3.8, 4) is 0 Å². The average Bonchev–Trinajstić information content (AvgIpc) is 3.41. The lowest BCUT2D eigenvalue weighted by Gasteiger charge is -2.17. The lowest BCUT2D eigenvalue weighted by Crippen LogP contribution is -2.23. The first-order chi connectivity index (χ1) is 13.3. The van der Waals surface area contributed by atoms with Crippen molar-refractivity contribution in [2.75, 3.05) is 18.0 Å². The third kappa shape index (κ3) is 4.34. The number of aromatic nitrogens is 3. The largest absolute Gasteiger partial charge is 0.357 e. The molecule has 6 heteroatoms.